The van der Waals surface area contributed by atoms with E-state index in [9.17, 15) is 4.79 Å². The van der Waals surface area contributed by atoms with E-state index < -0.39 is 0 Å². The van der Waals surface area contributed by atoms with Gasteiger partial charge in [0.2, 0.25) is 0 Å². The van der Waals surface area contributed by atoms with Gasteiger partial charge < -0.3 is 10.1 Å². The van der Waals surface area contributed by atoms with E-state index in [0.717, 1.165) is 11.6 Å². The quantitative estimate of drug-likeness (QED) is 0.817. The highest BCUT2D eigenvalue weighted by molar-refractivity contribution is 5.95. The molecule has 0 aromatic heterocycles. The first kappa shape index (κ1) is 14.9. The van der Waals surface area contributed by atoms with E-state index in [1.54, 1.807) is 0 Å². The lowest BCUT2D eigenvalue weighted by molar-refractivity contribution is 0.0527. The van der Waals surface area contributed by atoms with Gasteiger partial charge in [0.25, 0.3) is 0 Å². The second-order valence-electron chi connectivity index (χ2n) is 5.55. The molecule has 3 nitrogen and oxygen atoms in total. The molecule has 0 aliphatic heterocycles. The Kier molecular flexibility index (Phi) is 5.45. The average molecular weight is 275 g/mol. The zero-order chi connectivity index (χ0) is 14.4. The maximum Gasteiger partial charge on any atom is 0.340 e. The van der Waals surface area contributed by atoms with Crippen molar-refractivity contribution in [1.29, 1.82) is 0 Å². The van der Waals surface area contributed by atoms with Crippen LogP contribution < -0.4 is 5.32 Å². The molecule has 1 N–H and O–H groups in total. The maximum atomic E-state index is 12.0. The SMILES string of the molecule is CCOC(=O)c1ccccc1NC1CCCC(CC)C1. The highest BCUT2D eigenvalue weighted by Crippen LogP contribution is 2.29. The maximum absolute atomic E-state index is 12.0. The van der Waals surface area contributed by atoms with Gasteiger partial charge in [-0.2, -0.15) is 0 Å². The summed E-state index contributed by atoms with van der Waals surface area (Å²) >= 11 is 0. The van der Waals surface area contributed by atoms with Crippen LogP contribution in [0.25, 0.3) is 0 Å². The second kappa shape index (κ2) is 7.32. The monoisotopic (exact) mass is 275 g/mol. The lowest BCUT2D eigenvalue weighted by Gasteiger charge is -2.30. The van der Waals surface area contributed by atoms with E-state index in [-0.39, 0.29) is 5.97 Å². The van der Waals surface area contributed by atoms with Crippen LogP contribution in [0.4, 0.5) is 5.69 Å². The Labute approximate surface area is 121 Å². The number of hydrogen-bond acceptors (Lipinski definition) is 3. The number of hydrogen-bond donors (Lipinski definition) is 1. The summed E-state index contributed by atoms with van der Waals surface area (Å²) in [5.41, 5.74) is 1.56. The van der Waals surface area contributed by atoms with E-state index in [1.807, 2.05) is 31.2 Å². The summed E-state index contributed by atoms with van der Waals surface area (Å²) in [6.07, 6.45) is 6.25. The van der Waals surface area contributed by atoms with Crippen LogP contribution in [-0.2, 0) is 4.74 Å². The Morgan fingerprint density at radius 2 is 2.10 bits per heavy atom. The highest BCUT2D eigenvalue weighted by Gasteiger charge is 2.22. The fraction of sp³-hybridized carbons (Fsp3) is 0.588. The normalized spacial score (nSPS) is 22.3. The van der Waals surface area contributed by atoms with Crippen LogP contribution in [0, 0.1) is 5.92 Å². The number of anilines is 1. The summed E-state index contributed by atoms with van der Waals surface area (Å²) in [5.74, 6) is 0.578. The van der Waals surface area contributed by atoms with Gasteiger partial charge >= 0.3 is 5.97 Å². The van der Waals surface area contributed by atoms with Crippen molar-refractivity contribution in [3.8, 4) is 0 Å². The topological polar surface area (TPSA) is 38.3 Å². The Morgan fingerprint density at radius 3 is 2.85 bits per heavy atom. The molecule has 20 heavy (non-hydrogen) atoms. The molecular weight excluding hydrogens is 250 g/mol. The van der Waals surface area contributed by atoms with Crippen molar-refractivity contribution >= 4 is 11.7 Å². The fourth-order valence-electron chi connectivity index (χ4n) is 3.01. The van der Waals surface area contributed by atoms with E-state index in [0.29, 0.717) is 18.2 Å². The first-order chi connectivity index (χ1) is 9.74. The van der Waals surface area contributed by atoms with Crippen LogP contribution in [0.3, 0.4) is 0 Å². The van der Waals surface area contributed by atoms with Gasteiger partial charge in [-0.25, -0.2) is 4.79 Å². The van der Waals surface area contributed by atoms with Gasteiger partial charge in [0.05, 0.1) is 12.2 Å². The Hall–Kier alpha value is -1.51. The molecule has 1 aliphatic rings. The lowest BCUT2D eigenvalue weighted by atomic mass is 9.84. The molecule has 1 aromatic rings. The molecule has 2 rings (SSSR count). The third-order valence-corrected chi connectivity index (χ3v) is 4.14. The third-order valence-electron chi connectivity index (χ3n) is 4.14. The summed E-state index contributed by atoms with van der Waals surface area (Å²) in [5, 5.41) is 3.55. The van der Waals surface area contributed by atoms with E-state index in [2.05, 4.69) is 12.2 Å². The summed E-state index contributed by atoms with van der Waals surface area (Å²) in [6, 6.07) is 8.13. The molecule has 0 heterocycles. The molecule has 1 fully saturated rings. The number of nitrogens with one attached hydrogen (secondary N) is 1. The van der Waals surface area contributed by atoms with Gasteiger partial charge in [-0.15, -0.1) is 0 Å². The minimum atomic E-state index is -0.238. The zero-order valence-electron chi connectivity index (χ0n) is 12.5. The van der Waals surface area contributed by atoms with Crippen LogP contribution >= 0.6 is 0 Å². The molecule has 0 bridgehead atoms. The van der Waals surface area contributed by atoms with Gasteiger partial charge in [0.15, 0.2) is 0 Å². The van der Waals surface area contributed by atoms with Crippen molar-refractivity contribution in [2.45, 2.75) is 52.0 Å². The van der Waals surface area contributed by atoms with Gasteiger partial charge in [-0.3, -0.25) is 0 Å². The summed E-state index contributed by atoms with van der Waals surface area (Å²) in [7, 11) is 0. The van der Waals surface area contributed by atoms with Gasteiger partial charge in [-0.1, -0.05) is 38.3 Å². The van der Waals surface area contributed by atoms with Crippen molar-refractivity contribution in [2.24, 2.45) is 5.92 Å². The molecule has 0 saturated heterocycles. The molecule has 0 amide bonds. The van der Waals surface area contributed by atoms with Crippen LogP contribution in [0.2, 0.25) is 0 Å². The number of para-hydroxylation sites is 1. The van der Waals surface area contributed by atoms with Crippen molar-refractivity contribution in [1.82, 2.24) is 0 Å². The van der Waals surface area contributed by atoms with Crippen molar-refractivity contribution in [2.75, 3.05) is 11.9 Å². The number of esters is 1. The van der Waals surface area contributed by atoms with Crippen LogP contribution in [0.15, 0.2) is 24.3 Å². The number of ether oxygens (including phenoxy) is 1. The first-order valence-corrected chi connectivity index (χ1v) is 7.77. The predicted octanol–water partition coefficient (Wildman–Crippen LogP) is 4.24. The van der Waals surface area contributed by atoms with Crippen molar-refractivity contribution in [3.63, 3.8) is 0 Å². The number of carbonyl (C=O) groups excluding carboxylic acids is 1. The molecule has 1 saturated carbocycles. The van der Waals surface area contributed by atoms with Gasteiger partial charge in [-0.05, 0) is 37.8 Å². The Morgan fingerprint density at radius 1 is 1.30 bits per heavy atom. The van der Waals surface area contributed by atoms with Gasteiger partial charge in [0, 0.05) is 11.7 Å². The molecule has 2 unspecified atom stereocenters. The van der Waals surface area contributed by atoms with E-state index >= 15 is 0 Å². The zero-order valence-corrected chi connectivity index (χ0v) is 12.5. The molecule has 1 aliphatic carbocycles. The summed E-state index contributed by atoms with van der Waals surface area (Å²) < 4.78 is 5.12. The van der Waals surface area contributed by atoms with Crippen LogP contribution in [-0.4, -0.2) is 18.6 Å². The summed E-state index contributed by atoms with van der Waals surface area (Å²) in [6.45, 7) is 4.51. The molecule has 0 spiro atoms. The predicted molar refractivity (Wildman–Crippen MR) is 82.1 cm³/mol. The summed E-state index contributed by atoms with van der Waals surface area (Å²) in [4.78, 5) is 12.0. The molecule has 3 heteroatoms. The van der Waals surface area contributed by atoms with Crippen molar-refractivity contribution in [3.05, 3.63) is 29.8 Å². The van der Waals surface area contributed by atoms with Crippen molar-refractivity contribution < 1.29 is 9.53 Å². The molecule has 110 valence electrons. The number of rotatable bonds is 5. The average Bonchev–Trinajstić information content (AvgIpc) is 2.48. The first-order valence-electron chi connectivity index (χ1n) is 7.77. The Balaban J connectivity index is 2.07. The highest BCUT2D eigenvalue weighted by atomic mass is 16.5. The van der Waals surface area contributed by atoms with Crippen LogP contribution in [0.5, 0.6) is 0 Å². The van der Waals surface area contributed by atoms with E-state index in [4.69, 9.17) is 4.74 Å². The molecular formula is C17H25NO2. The minimum absolute atomic E-state index is 0.238. The standard InChI is InChI=1S/C17H25NO2/c1-3-13-8-7-9-14(12-13)18-16-11-6-5-10-15(16)17(19)20-4-2/h5-6,10-11,13-14,18H,3-4,7-9,12H2,1-2H3. The molecule has 1 aromatic carbocycles. The van der Waals surface area contributed by atoms with E-state index in [1.165, 1.54) is 32.1 Å². The third kappa shape index (κ3) is 3.75. The number of benzene rings is 1. The van der Waals surface area contributed by atoms with Crippen LogP contribution in [0.1, 0.15) is 56.3 Å². The number of carbonyl (C=O) groups is 1. The van der Waals surface area contributed by atoms with Gasteiger partial charge in [0.1, 0.15) is 0 Å². The fourth-order valence-corrected chi connectivity index (χ4v) is 3.01. The molecule has 2 atom stereocenters. The largest absolute Gasteiger partial charge is 0.462 e. The Bertz CT molecular complexity index is 444. The smallest absolute Gasteiger partial charge is 0.340 e. The second-order valence-corrected chi connectivity index (χ2v) is 5.55. The lowest BCUT2D eigenvalue weighted by Crippen LogP contribution is -2.28. The molecule has 0 radical (unpaired) electrons. The minimum Gasteiger partial charge on any atom is -0.462 e.